The molecule has 1 aromatic heterocycles. The van der Waals surface area contributed by atoms with Gasteiger partial charge in [0.15, 0.2) is 23.8 Å². The molecule has 0 aliphatic carbocycles. The van der Waals surface area contributed by atoms with Crippen molar-refractivity contribution < 1.29 is 61.9 Å². The van der Waals surface area contributed by atoms with E-state index in [4.69, 9.17) is 39.0 Å². The van der Waals surface area contributed by atoms with Gasteiger partial charge in [-0.05, 0) is 91.7 Å². The van der Waals surface area contributed by atoms with Gasteiger partial charge in [-0.2, -0.15) is 0 Å². The molecule has 0 saturated carbocycles. The number of pyridine rings is 1. The van der Waals surface area contributed by atoms with Gasteiger partial charge in [-0.25, -0.2) is 14.0 Å². The van der Waals surface area contributed by atoms with Gasteiger partial charge >= 0.3 is 12.1 Å². The van der Waals surface area contributed by atoms with Gasteiger partial charge in [0.1, 0.15) is 24.4 Å². The molecule has 1 aromatic carbocycles. The molecule has 354 valence electrons. The normalized spacial score (nSPS) is 36.1. The molecule has 3 aliphatic heterocycles. The molecule has 2 aromatic rings. The number of fused-ring (bicyclic) bond motifs is 2. The Hall–Kier alpha value is -4.75. The third kappa shape index (κ3) is 9.90. The van der Waals surface area contributed by atoms with Crippen LogP contribution in [0.15, 0.2) is 40.4 Å². The van der Waals surface area contributed by atoms with E-state index in [1.807, 2.05) is 45.8 Å². The number of cyclic esters (lactones) is 1. The van der Waals surface area contributed by atoms with E-state index < -0.39 is 94.6 Å². The molecule has 0 bridgehead atoms. The highest BCUT2D eigenvalue weighted by atomic mass is 19.1. The summed E-state index contributed by atoms with van der Waals surface area (Å²) in [4.78, 5) is 74.1. The Morgan fingerprint density at radius 1 is 1.08 bits per heavy atom. The van der Waals surface area contributed by atoms with E-state index in [2.05, 4.69) is 5.16 Å². The number of aliphatic hydroxyl groups is 1. The quantitative estimate of drug-likeness (QED) is 0.132. The summed E-state index contributed by atoms with van der Waals surface area (Å²) < 4.78 is 54.7. The Balaban J connectivity index is 1.56. The highest BCUT2D eigenvalue weighted by Crippen LogP contribution is 2.43. The fourth-order valence-electron chi connectivity index (χ4n) is 9.53. The molecule has 1 amide bonds. The third-order valence-corrected chi connectivity index (χ3v) is 13.2. The average Bonchev–Trinajstić information content (AvgIpc) is 3.56. The Bertz CT molecular complexity index is 2190. The van der Waals surface area contributed by atoms with E-state index in [1.165, 1.54) is 27.2 Å². The first-order valence-electron chi connectivity index (χ1n) is 21.8. The molecular formula is C46H65FN4O13. The first-order valence-corrected chi connectivity index (χ1v) is 21.8. The number of hydrogen-bond acceptors (Lipinski definition) is 15. The number of carbonyl (C=O) groups is 4. The maximum Gasteiger partial charge on any atom is 0.509 e. The molecular weight excluding hydrogens is 836 g/mol. The number of Topliss-reactive ketones (excluding diaryl/α,β-unsaturated/α-hetero) is 1. The summed E-state index contributed by atoms with van der Waals surface area (Å²) in [6, 6.07) is 4.87. The van der Waals surface area contributed by atoms with Gasteiger partial charge in [0.25, 0.3) is 11.6 Å². The molecule has 5 rings (SSSR count). The van der Waals surface area contributed by atoms with Crippen molar-refractivity contribution in [2.75, 3.05) is 27.8 Å². The lowest BCUT2D eigenvalue weighted by Gasteiger charge is -2.47. The van der Waals surface area contributed by atoms with Crippen LogP contribution in [0.1, 0.15) is 97.5 Å². The second kappa shape index (κ2) is 19.8. The van der Waals surface area contributed by atoms with Crippen molar-refractivity contribution in [3.05, 3.63) is 51.8 Å². The van der Waals surface area contributed by atoms with Crippen LogP contribution in [0.4, 0.5) is 9.18 Å². The first kappa shape index (κ1) is 50.3. The van der Waals surface area contributed by atoms with Crippen molar-refractivity contribution in [1.29, 1.82) is 0 Å². The number of methoxy groups -OCH3 is 1. The number of likely N-dealkylation sites (N-methyl/N-ethyl adjacent to an activating group) is 1. The van der Waals surface area contributed by atoms with Crippen LogP contribution in [0, 0.1) is 17.8 Å². The fraction of sp³-hybridized carbons (Fsp3) is 0.652. The standard InChI is InChI=1S/C46H65FN4O13/c1-13-33-46(9)39(63-43(57)64-46)26(5)34(49-59-19-15-16-28-17-18-31-29(21-28)35(52)30(40(48)55)23-51(31)14-2)24(3)22-44(7,58-12)38(27(6)37(54)45(8,47)42(56)61-33)62-41-36(53)32(50(10)11)20-25(4)60-41/h15-18,21,23-27,32-33,36,38-39,41,53H,13-14,19-20,22H2,1-12H3,(H2,48,55)/b16-15+,49-34+/t24-,25-,26+,27+,32+,33-,36-,38-,39-,41+,44-,45+,46-/m1/s1. The van der Waals surface area contributed by atoms with Gasteiger partial charge in [-0.3, -0.25) is 14.4 Å². The zero-order valence-electron chi connectivity index (χ0n) is 38.9. The number of nitrogens with two attached hydrogens (primary N) is 1. The summed E-state index contributed by atoms with van der Waals surface area (Å²) in [5.41, 5.74) is 0.228. The van der Waals surface area contributed by atoms with Crippen molar-refractivity contribution in [2.24, 2.45) is 28.6 Å². The van der Waals surface area contributed by atoms with Crippen LogP contribution < -0.4 is 11.2 Å². The average molecular weight is 901 g/mol. The minimum Gasteiger partial charge on any atom is -0.455 e. The molecule has 17 nitrogen and oxygen atoms in total. The van der Waals surface area contributed by atoms with Gasteiger partial charge in [0.05, 0.1) is 29.0 Å². The second-order valence-electron chi connectivity index (χ2n) is 18.1. The zero-order chi connectivity index (χ0) is 47.6. The molecule has 0 spiro atoms. The number of aryl methyl sites for hydroxylation is 1. The predicted molar refractivity (Wildman–Crippen MR) is 234 cm³/mol. The largest absolute Gasteiger partial charge is 0.509 e. The predicted octanol–water partition coefficient (Wildman–Crippen LogP) is 4.95. The number of amides is 1. The van der Waals surface area contributed by atoms with Crippen molar-refractivity contribution in [1.82, 2.24) is 9.47 Å². The molecule has 3 saturated heterocycles. The van der Waals surface area contributed by atoms with Crippen molar-refractivity contribution in [3.63, 3.8) is 0 Å². The Morgan fingerprint density at radius 2 is 1.77 bits per heavy atom. The Labute approximate surface area is 373 Å². The number of ketones is 1. The molecule has 18 heteroatoms. The summed E-state index contributed by atoms with van der Waals surface area (Å²) in [7, 11) is 5.04. The number of oxime groups is 1. The van der Waals surface area contributed by atoms with Crippen LogP contribution in [-0.4, -0.2) is 132 Å². The highest BCUT2D eigenvalue weighted by molar-refractivity contribution is 6.08. The van der Waals surface area contributed by atoms with Crippen LogP contribution >= 0.6 is 0 Å². The van der Waals surface area contributed by atoms with Crippen LogP contribution in [0.5, 0.6) is 0 Å². The Kier molecular flexibility index (Phi) is 15.5. The van der Waals surface area contributed by atoms with Crippen LogP contribution in [0.3, 0.4) is 0 Å². The number of hydrogen-bond donors (Lipinski definition) is 2. The monoisotopic (exact) mass is 900 g/mol. The molecule has 3 N–H and O–H groups in total. The van der Waals surface area contributed by atoms with E-state index in [0.29, 0.717) is 35.1 Å². The van der Waals surface area contributed by atoms with E-state index in [1.54, 1.807) is 49.6 Å². The molecule has 64 heavy (non-hydrogen) atoms. The van der Waals surface area contributed by atoms with Crippen LogP contribution in [0.25, 0.3) is 17.0 Å². The maximum absolute atomic E-state index is 16.8. The minimum absolute atomic E-state index is 0.0474. The summed E-state index contributed by atoms with van der Waals surface area (Å²) >= 11 is 0. The molecule has 0 unspecified atom stereocenters. The van der Waals surface area contributed by atoms with Crippen molar-refractivity contribution in [2.45, 2.75) is 148 Å². The number of aliphatic hydroxyl groups excluding tert-OH is 1. The summed E-state index contributed by atoms with van der Waals surface area (Å²) in [6.45, 7) is 14.8. The van der Waals surface area contributed by atoms with E-state index in [9.17, 15) is 29.1 Å². The maximum atomic E-state index is 16.8. The molecule has 0 radical (unpaired) electrons. The molecule has 4 heterocycles. The fourth-order valence-corrected chi connectivity index (χ4v) is 9.53. The number of nitrogens with zero attached hydrogens (tertiary/aromatic N) is 3. The van der Waals surface area contributed by atoms with Crippen molar-refractivity contribution >= 4 is 46.5 Å². The van der Waals surface area contributed by atoms with Gasteiger partial charge in [-0.15, -0.1) is 0 Å². The van der Waals surface area contributed by atoms with Crippen LogP contribution in [0.2, 0.25) is 0 Å². The number of ether oxygens (including phenoxy) is 6. The highest BCUT2D eigenvalue weighted by Gasteiger charge is 2.60. The number of rotatable bonds is 11. The molecule has 3 fully saturated rings. The number of halogens is 1. The van der Waals surface area contributed by atoms with E-state index in [0.717, 1.165) is 6.92 Å². The molecule has 3 aliphatic rings. The number of benzene rings is 1. The van der Waals surface area contributed by atoms with Crippen LogP contribution in [-0.2, 0) is 49.4 Å². The SMILES string of the molecule is CC[C@H]1OC(=O)[C@@](C)(F)C(=O)[C@H](C)[C@@H](O[C@@H]2O[C@H](C)C[C@H](N(C)C)[C@H]2O)[C@](C)(OC)C[C@@H](C)/C(=N\OC/C=C/c2ccc3c(c2)c(=O)c(C(N)=O)cn3CC)[C@H](C)[C@H]2OC(=O)O[C@@]21C. The van der Waals surface area contributed by atoms with Gasteiger partial charge in [0.2, 0.25) is 5.43 Å². The number of esters is 1. The lowest BCUT2D eigenvalue weighted by atomic mass is 9.73. The second-order valence-corrected chi connectivity index (χ2v) is 18.1. The number of alkyl halides is 1. The summed E-state index contributed by atoms with van der Waals surface area (Å²) in [5, 5.41) is 16.4. The molecule has 13 atom stereocenters. The lowest BCUT2D eigenvalue weighted by Crippen LogP contribution is -2.61. The number of carbonyl (C=O) groups excluding carboxylic acids is 4. The number of primary amides is 1. The third-order valence-electron chi connectivity index (χ3n) is 13.2. The summed E-state index contributed by atoms with van der Waals surface area (Å²) in [6.07, 6.45) is -2.17. The lowest BCUT2D eigenvalue weighted by molar-refractivity contribution is -0.295. The van der Waals surface area contributed by atoms with E-state index >= 15 is 4.39 Å². The topological polar surface area (TPSA) is 217 Å². The minimum atomic E-state index is -3.20. The van der Waals surface area contributed by atoms with Gasteiger partial charge in [0, 0.05) is 49.0 Å². The van der Waals surface area contributed by atoms with Crippen molar-refractivity contribution in [3.8, 4) is 0 Å². The first-order chi connectivity index (χ1) is 29.9. The summed E-state index contributed by atoms with van der Waals surface area (Å²) in [5.74, 6) is -6.25. The smallest absolute Gasteiger partial charge is 0.455 e. The van der Waals surface area contributed by atoms with Gasteiger partial charge in [-0.1, -0.05) is 45.0 Å². The Morgan fingerprint density at radius 3 is 2.38 bits per heavy atom. The number of aromatic nitrogens is 1. The van der Waals surface area contributed by atoms with Gasteiger partial charge < -0.3 is 53.6 Å². The zero-order valence-corrected chi connectivity index (χ0v) is 38.9. The van der Waals surface area contributed by atoms with E-state index in [-0.39, 0.29) is 37.2 Å².